The van der Waals surface area contributed by atoms with Gasteiger partial charge >= 0.3 is 0 Å². The summed E-state index contributed by atoms with van der Waals surface area (Å²) in [6.07, 6.45) is 7.23. The normalized spacial score (nSPS) is 20.0. The summed E-state index contributed by atoms with van der Waals surface area (Å²) in [5.41, 5.74) is 6.17. The lowest BCUT2D eigenvalue weighted by Gasteiger charge is -2.35. The topological polar surface area (TPSA) is 0 Å². The predicted octanol–water partition coefficient (Wildman–Crippen LogP) is 6.92. The molecule has 0 saturated heterocycles. The molecule has 0 unspecified atom stereocenters. The molecule has 2 aliphatic rings. The van der Waals surface area contributed by atoms with Gasteiger partial charge in [-0.1, -0.05) is 70.5 Å². The first kappa shape index (κ1) is 18.0. The summed E-state index contributed by atoms with van der Waals surface area (Å²) >= 11 is 6.69. The number of halogens is 1. The van der Waals surface area contributed by atoms with Crippen molar-refractivity contribution in [2.24, 2.45) is 0 Å². The summed E-state index contributed by atoms with van der Waals surface area (Å²) in [7, 11) is -3.12. The molecule has 2 rings (SSSR count). The van der Waals surface area contributed by atoms with Gasteiger partial charge in [0.05, 0.1) is 0 Å². The highest BCUT2D eigenvalue weighted by molar-refractivity contribution is 7.19. The predicted molar refractivity (Wildman–Crippen MR) is 107 cm³/mol. The third-order valence-corrected chi connectivity index (χ3v) is 12.9. The molecule has 0 fully saturated rings. The van der Waals surface area contributed by atoms with Crippen LogP contribution in [0.25, 0.3) is 0 Å². The molecule has 0 spiro atoms. The van der Waals surface area contributed by atoms with E-state index in [4.69, 9.17) is 11.1 Å². The average molecular weight is 351 g/mol. The standard InChI is InChI=1S/C19H31ClSi2/c1-14-10-16(3)18(12-14)22(7,9-8-21(5,6)20)19-13-15(2)11-17(19)4/h10-11H,8-9,12-13H2,1-7H3. The van der Waals surface area contributed by atoms with Gasteiger partial charge in [0.1, 0.15) is 15.5 Å². The first-order valence-electron chi connectivity index (χ1n) is 8.47. The molecule has 3 heteroatoms. The van der Waals surface area contributed by atoms with Crippen molar-refractivity contribution in [3.63, 3.8) is 0 Å². The van der Waals surface area contributed by atoms with Gasteiger partial charge in [-0.05, 0) is 46.6 Å². The summed E-state index contributed by atoms with van der Waals surface area (Å²) in [6, 6.07) is 2.57. The van der Waals surface area contributed by atoms with E-state index in [1.54, 1.807) is 21.5 Å². The molecule has 0 aromatic heterocycles. The highest BCUT2D eigenvalue weighted by Gasteiger charge is 2.40. The third-order valence-electron chi connectivity index (χ3n) is 5.34. The van der Waals surface area contributed by atoms with E-state index in [-0.39, 0.29) is 0 Å². The highest BCUT2D eigenvalue weighted by Crippen LogP contribution is 2.45. The Bertz CT molecular complexity index is 555. The Morgan fingerprint density at radius 2 is 1.23 bits per heavy atom. The maximum atomic E-state index is 6.69. The van der Waals surface area contributed by atoms with Gasteiger partial charge in [0.2, 0.25) is 0 Å². The molecule has 122 valence electrons. The molecule has 0 heterocycles. The summed E-state index contributed by atoms with van der Waals surface area (Å²) in [5.74, 6) is 0. The molecule has 0 aliphatic heterocycles. The SMILES string of the molecule is CC1=CC(C)=C([Si](C)(CC[Si](C)(C)Cl)C2=C(C)C=C(C)C2)C1. The number of hydrogen-bond acceptors (Lipinski definition) is 0. The van der Waals surface area contributed by atoms with Crippen LogP contribution in [0.1, 0.15) is 40.5 Å². The largest absolute Gasteiger partial charge is 0.168 e. The second kappa shape index (κ2) is 6.29. The third kappa shape index (κ3) is 3.77. The van der Waals surface area contributed by atoms with Crippen molar-refractivity contribution in [2.75, 3.05) is 0 Å². The van der Waals surface area contributed by atoms with Crippen LogP contribution in [0.3, 0.4) is 0 Å². The highest BCUT2D eigenvalue weighted by atomic mass is 35.6. The lowest BCUT2D eigenvalue weighted by Crippen LogP contribution is -2.39. The molecule has 0 nitrogen and oxygen atoms in total. The molecule has 0 radical (unpaired) electrons. The fourth-order valence-corrected chi connectivity index (χ4v) is 13.6. The number of hydrogen-bond donors (Lipinski definition) is 0. The van der Waals surface area contributed by atoms with Crippen LogP contribution in [-0.2, 0) is 0 Å². The van der Waals surface area contributed by atoms with Crippen LogP contribution in [-0.4, -0.2) is 15.5 Å². The fraction of sp³-hybridized carbons (Fsp3) is 0.579. The quantitative estimate of drug-likeness (QED) is 0.373. The Balaban J connectivity index is 2.39. The van der Waals surface area contributed by atoms with E-state index < -0.39 is 15.5 Å². The van der Waals surface area contributed by atoms with Crippen molar-refractivity contribution in [2.45, 2.75) is 72.3 Å². The molecule has 22 heavy (non-hydrogen) atoms. The Morgan fingerprint density at radius 3 is 1.50 bits per heavy atom. The second-order valence-electron chi connectivity index (χ2n) is 8.21. The lowest BCUT2D eigenvalue weighted by molar-refractivity contribution is 1.13. The van der Waals surface area contributed by atoms with Crippen LogP contribution in [0, 0.1) is 0 Å². The second-order valence-corrected chi connectivity index (χ2v) is 19.6. The van der Waals surface area contributed by atoms with Gasteiger partial charge in [-0.25, -0.2) is 0 Å². The molecule has 0 bridgehead atoms. The zero-order valence-corrected chi connectivity index (χ0v) is 18.1. The van der Waals surface area contributed by atoms with Gasteiger partial charge in [-0.2, -0.15) is 11.1 Å². The summed E-state index contributed by atoms with van der Waals surface area (Å²) in [4.78, 5) is 0. The lowest BCUT2D eigenvalue weighted by atomic mass is 10.3. The minimum atomic E-state index is -1.60. The Morgan fingerprint density at radius 1 is 0.818 bits per heavy atom. The van der Waals surface area contributed by atoms with Crippen LogP contribution in [0.4, 0.5) is 0 Å². The van der Waals surface area contributed by atoms with Crippen molar-refractivity contribution >= 4 is 26.5 Å². The minimum absolute atomic E-state index is 1.20. The van der Waals surface area contributed by atoms with Gasteiger partial charge in [-0.15, -0.1) is 0 Å². The van der Waals surface area contributed by atoms with E-state index >= 15 is 0 Å². The van der Waals surface area contributed by atoms with Gasteiger partial charge in [0, 0.05) is 0 Å². The molecular formula is C19H31ClSi2. The number of rotatable bonds is 5. The molecule has 0 saturated carbocycles. The minimum Gasteiger partial charge on any atom is -0.168 e. The van der Waals surface area contributed by atoms with Crippen molar-refractivity contribution < 1.29 is 0 Å². The van der Waals surface area contributed by atoms with Crippen molar-refractivity contribution in [3.8, 4) is 0 Å². The van der Waals surface area contributed by atoms with Gasteiger partial charge < -0.3 is 0 Å². The van der Waals surface area contributed by atoms with Crippen LogP contribution < -0.4 is 0 Å². The summed E-state index contributed by atoms with van der Waals surface area (Å²) in [5, 5.41) is 3.55. The Kier molecular flexibility index (Phi) is 5.16. The Hall–Kier alpha value is -0.316. The van der Waals surface area contributed by atoms with Crippen LogP contribution in [0.5, 0.6) is 0 Å². The fourth-order valence-electron chi connectivity index (χ4n) is 4.14. The molecule has 0 amide bonds. The van der Waals surface area contributed by atoms with Gasteiger partial charge in [-0.3, -0.25) is 0 Å². The monoisotopic (exact) mass is 350 g/mol. The molecular weight excluding hydrogens is 320 g/mol. The summed E-state index contributed by atoms with van der Waals surface area (Å²) < 4.78 is 0. The maximum Gasteiger partial charge on any atom is 0.150 e. The molecule has 0 N–H and O–H groups in total. The van der Waals surface area contributed by atoms with Crippen LogP contribution in [0.2, 0.25) is 31.7 Å². The first-order valence-corrected chi connectivity index (χ1v) is 15.4. The van der Waals surface area contributed by atoms with E-state index in [1.807, 2.05) is 0 Å². The zero-order valence-electron chi connectivity index (χ0n) is 15.4. The van der Waals surface area contributed by atoms with E-state index in [0.29, 0.717) is 0 Å². The van der Waals surface area contributed by atoms with Crippen molar-refractivity contribution in [1.29, 1.82) is 0 Å². The number of allylic oxidation sites excluding steroid dienone is 8. The maximum absolute atomic E-state index is 6.69. The zero-order chi connectivity index (χ0) is 16.7. The van der Waals surface area contributed by atoms with E-state index in [1.165, 1.54) is 36.1 Å². The average Bonchev–Trinajstić information content (AvgIpc) is 2.88. The molecule has 0 atom stereocenters. The summed E-state index contributed by atoms with van der Waals surface area (Å²) in [6.45, 7) is 16.4. The van der Waals surface area contributed by atoms with E-state index in [0.717, 1.165) is 0 Å². The Labute approximate surface area is 143 Å². The van der Waals surface area contributed by atoms with Gasteiger partial charge in [0.15, 0.2) is 0 Å². The van der Waals surface area contributed by atoms with Crippen molar-refractivity contribution in [1.82, 2.24) is 0 Å². The van der Waals surface area contributed by atoms with Crippen LogP contribution in [0.15, 0.2) is 44.8 Å². The van der Waals surface area contributed by atoms with E-state index in [2.05, 4.69) is 59.5 Å². The first-order chi connectivity index (χ1) is 10.0. The van der Waals surface area contributed by atoms with E-state index in [9.17, 15) is 0 Å². The molecule has 0 aromatic rings. The molecule has 0 aromatic carbocycles. The van der Waals surface area contributed by atoms with Crippen LogP contribution >= 0.6 is 11.1 Å². The molecule has 2 aliphatic carbocycles. The van der Waals surface area contributed by atoms with Crippen molar-refractivity contribution in [3.05, 3.63) is 44.8 Å². The smallest absolute Gasteiger partial charge is 0.150 e. The van der Waals surface area contributed by atoms with Gasteiger partial charge in [0.25, 0.3) is 0 Å².